The molecule has 284 valence electrons. The van der Waals surface area contributed by atoms with Crippen LogP contribution in [-0.4, -0.2) is 104 Å². The minimum atomic E-state index is -4.35. The largest absolute Gasteiger partial charge is 0.479 e. The van der Waals surface area contributed by atoms with Crippen molar-refractivity contribution in [2.24, 2.45) is 11.8 Å². The normalized spacial score (nSPS) is 22.3. The van der Waals surface area contributed by atoms with Crippen LogP contribution in [0.4, 0.5) is 0 Å². The Morgan fingerprint density at radius 1 is 1.02 bits per heavy atom. The maximum atomic E-state index is 14.8. The molecule has 0 spiro atoms. The number of carbonyl (C=O) groups is 2. The Morgan fingerprint density at radius 2 is 1.56 bits per heavy atom. The van der Waals surface area contributed by atoms with Crippen LogP contribution >= 0.6 is 7.67 Å². The van der Waals surface area contributed by atoms with Crippen LogP contribution in [0.5, 0.6) is 11.9 Å². The minimum Gasteiger partial charge on any atom is -0.479 e. The molecule has 1 fully saturated rings. The monoisotopic (exact) mass is 730 g/mol. The van der Waals surface area contributed by atoms with Crippen molar-refractivity contribution in [2.45, 2.75) is 123 Å². The van der Waals surface area contributed by atoms with E-state index >= 15 is 0 Å². The summed E-state index contributed by atoms with van der Waals surface area (Å²) in [5.74, 6) is -1.32. The summed E-state index contributed by atoms with van der Waals surface area (Å²) in [5.41, 5.74) is -1.74. The number of methoxy groups -OCH3 is 1. The summed E-state index contributed by atoms with van der Waals surface area (Å²) < 4.78 is 44.2. The van der Waals surface area contributed by atoms with Gasteiger partial charge in [-0.15, -0.1) is 0 Å². The average molecular weight is 731 g/mol. The number of ether oxygens (including phenoxy) is 4. The molecular weight excluding hydrogens is 675 g/mol. The molecule has 0 saturated carbocycles. The fraction of sp³-hybridized carbons (Fsp3) is 0.781. The zero-order valence-corrected chi connectivity index (χ0v) is 31.2. The van der Waals surface area contributed by atoms with Gasteiger partial charge in [0, 0.05) is 0 Å². The van der Waals surface area contributed by atoms with Crippen LogP contribution in [0.15, 0.2) is 6.33 Å². The molecule has 2 aromatic rings. The first-order chi connectivity index (χ1) is 23.6. The van der Waals surface area contributed by atoms with Gasteiger partial charge in [0.15, 0.2) is 17.4 Å². The number of hydrogen-bond donors (Lipinski definition) is 5. The number of rotatable bonds is 21. The van der Waals surface area contributed by atoms with Gasteiger partial charge in [-0.3, -0.25) is 18.7 Å². The fourth-order valence-electron chi connectivity index (χ4n) is 5.45. The van der Waals surface area contributed by atoms with Crippen LogP contribution in [0, 0.1) is 11.8 Å². The van der Waals surface area contributed by atoms with E-state index in [2.05, 4.69) is 25.1 Å². The van der Waals surface area contributed by atoms with E-state index in [0.29, 0.717) is 12.8 Å². The lowest BCUT2D eigenvalue weighted by atomic mass is 9.96. The summed E-state index contributed by atoms with van der Waals surface area (Å²) >= 11 is 0. The van der Waals surface area contributed by atoms with Crippen molar-refractivity contribution in [2.75, 3.05) is 26.9 Å². The van der Waals surface area contributed by atoms with Crippen LogP contribution < -0.4 is 14.9 Å². The molecule has 0 aliphatic carbocycles. The third kappa shape index (κ3) is 10.8. The van der Waals surface area contributed by atoms with Crippen LogP contribution in [0.2, 0.25) is 0 Å². The van der Waals surface area contributed by atoms with E-state index in [1.807, 2.05) is 41.5 Å². The van der Waals surface area contributed by atoms with Crippen molar-refractivity contribution in [3.8, 4) is 11.9 Å². The number of aromatic hydroxyl groups is 1. The second-order valence-corrected chi connectivity index (χ2v) is 15.4. The SMILES string of the molecule is CCCCOC(=O)[C@H](CC(C)C)NP(=O)(N[C@@H](CC(C)C)C(=O)OCCCC)OC[C@H]1OC(n2cnc3c(OC)nc(O)nc32)C(C)(O)[C@H]1O. The van der Waals surface area contributed by atoms with Gasteiger partial charge in [-0.25, -0.2) is 15.2 Å². The molecule has 2 unspecified atom stereocenters. The predicted molar refractivity (Wildman–Crippen MR) is 182 cm³/mol. The molecule has 1 aliphatic heterocycles. The number of aliphatic hydroxyl groups is 2. The van der Waals surface area contributed by atoms with E-state index in [4.69, 9.17) is 23.5 Å². The first kappa shape index (κ1) is 41.5. The molecule has 0 radical (unpaired) electrons. The molecule has 1 saturated heterocycles. The van der Waals surface area contributed by atoms with Gasteiger partial charge in [0.2, 0.25) is 5.88 Å². The highest BCUT2D eigenvalue weighted by Gasteiger charge is 2.54. The smallest absolute Gasteiger partial charge is 0.342 e. The molecule has 17 nitrogen and oxygen atoms in total. The Kier molecular flexibility index (Phi) is 15.4. The van der Waals surface area contributed by atoms with E-state index in [1.54, 1.807) is 0 Å². The van der Waals surface area contributed by atoms with E-state index in [1.165, 1.54) is 24.9 Å². The molecule has 18 heteroatoms. The molecule has 5 N–H and O–H groups in total. The van der Waals surface area contributed by atoms with E-state index in [9.17, 15) is 29.5 Å². The van der Waals surface area contributed by atoms with Gasteiger partial charge >= 0.3 is 25.6 Å². The van der Waals surface area contributed by atoms with Crippen molar-refractivity contribution in [3.63, 3.8) is 0 Å². The summed E-state index contributed by atoms with van der Waals surface area (Å²) in [4.78, 5) is 38.5. The Labute approximate surface area is 293 Å². The quantitative estimate of drug-likeness (QED) is 0.0705. The predicted octanol–water partition coefficient (Wildman–Crippen LogP) is 3.37. The number of unbranched alkanes of at least 4 members (excludes halogenated alkanes) is 2. The molecule has 2 aromatic heterocycles. The molecule has 3 rings (SSSR count). The van der Waals surface area contributed by atoms with Gasteiger partial charge in [0.25, 0.3) is 0 Å². The first-order valence-electron chi connectivity index (χ1n) is 17.2. The molecule has 0 bridgehead atoms. The molecule has 0 amide bonds. The maximum Gasteiger partial charge on any atom is 0.342 e. The number of fused-ring (bicyclic) bond motifs is 1. The summed E-state index contributed by atoms with van der Waals surface area (Å²) in [6.07, 6.45) is 0.494. The molecular formula is C32H55N6O11P. The Morgan fingerprint density at radius 3 is 2.04 bits per heavy atom. The highest BCUT2D eigenvalue weighted by Crippen LogP contribution is 2.45. The van der Waals surface area contributed by atoms with Crippen molar-refractivity contribution in [3.05, 3.63) is 6.33 Å². The third-order valence-electron chi connectivity index (χ3n) is 8.12. The third-order valence-corrected chi connectivity index (χ3v) is 9.93. The topological polar surface area (TPSA) is 226 Å². The lowest BCUT2D eigenvalue weighted by Crippen LogP contribution is -2.47. The molecule has 3 heterocycles. The van der Waals surface area contributed by atoms with Crippen LogP contribution in [-0.2, 0) is 32.9 Å². The molecule has 1 aliphatic rings. The van der Waals surface area contributed by atoms with Crippen molar-refractivity contribution in [1.82, 2.24) is 29.7 Å². The number of carbonyl (C=O) groups excluding carboxylic acids is 2. The Bertz CT molecular complexity index is 1410. The summed E-state index contributed by atoms with van der Waals surface area (Å²) in [7, 11) is -3.01. The zero-order chi connectivity index (χ0) is 37.2. The number of aliphatic hydroxyl groups excluding tert-OH is 1. The van der Waals surface area contributed by atoms with Gasteiger partial charge in [0.1, 0.15) is 29.9 Å². The number of nitrogens with one attached hydrogen (secondary N) is 2. The lowest BCUT2D eigenvalue weighted by molar-refractivity contribution is -0.146. The zero-order valence-electron chi connectivity index (χ0n) is 30.3. The molecule has 50 heavy (non-hydrogen) atoms. The standard InChI is InChI=1S/C32H55N6O11P/c1-9-11-13-46-28(40)21(15-19(3)4)36-50(44,37-22(16-20(5)6)29(41)47-14-12-10-2)48-17-23-25(39)32(7,43)30(49-23)38-18-33-24-26(38)34-31(42)35-27(24)45-8/h18-23,25,30,39,43H,9-17H2,1-8H3,(H,34,35,42)(H2,36,37,44)/t21-,22-,23+,25-,30?,32?/m0/s1. The number of aromatic nitrogens is 4. The van der Waals surface area contributed by atoms with Gasteiger partial charge < -0.3 is 38.8 Å². The first-order valence-corrected chi connectivity index (χ1v) is 18.9. The van der Waals surface area contributed by atoms with E-state index in [0.717, 1.165) is 12.8 Å². The second-order valence-electron chi connectivity index (χ2n) is 13.6. The second kappa shape index (κ2) is 18.5. The van der Waals surface area contributed by atoms with Crippen molar-refractivity contribution >= 4 is 30.8 Å². The van der Waals surface area contributed by atoms with Crippen LogP contribution in [0.1, 0.15) is 93.2 Å². The molecule has 6 atom stereocenters. The summed E-state index contributed by atoms with van der Waals surface area (Å²) in [6, 6.07) is -2.77. The van der Waals surface area contributed by atoms with Crippen LogP contribution in [0.25, 0.3) is 11.2 Å². The van der Waals surface area contributed by atoms with Gasteiger partial charge in [-0.05, 0) is 44.4 Å². The number of nitrogens with zero attached hydrogens (tertiary/aromatic N) is 4. The number of hydrogen-bond acceptors (Lipinski definition) is 14. The maximum absolute atomic E-state index is 14.8. The van der Waals surface area contributed by atoms with Gasteiger partial charge in [-0.1, -0.05) is 54.4 Å². The summed E-state index contributed by atoms with van der Waals surface area (Å²) in [6.45, 7) is 12.6. The van der Waals surface area contributed by atoms with E-state index in [-0.39, 0.29) is 54.9 Å². The van der Waals surface area contributed by atoms with Crippen LogP contribution in [0.3, 0.4) is 0 Å². The Balaban J connectivity index is 1.94. The Hall–Kier alpha value is -2.92. The highest BCUT2D eigenvalue weighted by molar-refractivity contribution is 7.54. The van der Waals surface area contributed by atoms with Crippen molar-refractivity contribution in [1.29, 1.82) is 0 Å². The minimum absolute atomic E-state index is 0.0178. The highest BCUT2D eigenvalue weighted by atomic mass is 31.2. The molecule has 0 aromatic carbocycles. The fourth-order valence-corrected chi connectivity index (χ4v) is 7.28. The number of imidazole rings is 1. The lowest BCUT2D eigenvalue weighted by Gasteiger charge is -2.30. The number of esters is 2. The van der Waals surface area contributed by atoms with E-state index < -0.39 is 68.3 Å². The average Bonchev–Trinajstić information content (AvgIpc) is 3.55. The van der Waals surface area contributed by atoms with Gasteiger partial charge in [-0.2, -0.15) is 9.97 Å². The van der Waals surface area contributed by atoms with Gasteiger partial charge in [0.05, 0.1) is 33.3 Å². The van der Waals surface area contributed by atoms with Crippen molar-refractivity contribution < 1.29 is 52.9 Å². The summed E-state index contributed by atoms with van der Waals surface area (Å²) in [5, 5.41) is 38.4.